The van der Waals surface area contributed by atoms with Gasteiger partial charge in [-0.15, -0.1) is 0 Å². The number of oxime groups is 2. The van der Waals surface area contributed by atoms with Crippen molar-refractivity contribution in [3.05, 3.63) is 70.3 Å². The molecule has 0 aromatic heterocycles. The van der Waals surface area contributed by atoms with E-state index in [9.17, 15) is 13.6 Å². The van der Waals surface area contributed by atoms with Crippen LogP contribution in [0, 0.1) is 18.6 Å². The van der Waals surface area contributed by atoms with Crippen LogP contribution in [0.3, 0.4) is 0 Å². The number of amides is 1. The van der Waals surface area contributed by atoms with Crippen LogP contribution in [-0.4, -0.2) is 45.2 Å². The van der Waals surface area contributed by atoms with Crippen molar-refractivity contribution in [2.24, 2.45) is 10.3 Å². The van der Waals surface area contributed by atoms with Crippen molar-refractivity contribution in [2.75, 3.05) is 27.9 Å². The number of ether oxygens (including phenoxy) is 1. The predicted octanol–water partition coefficient (Wildman–Crippen LogP) is 2.94. The van der Waals surface area contributed by atoms with Crippen LogP contribution in [0.25, 0.3) is 0 Å². The van der Waals surface area contributed by atoms with Gasteiger partial charge in [0, 0.05) is 36.9 Å². The monoisotopic (exact) mass is 419 g/mol. The van der Waals surface area contributed by atoms with Crippen LogP contribution in [0.1, 0.15) is 22.3 Å². The van der Waals surface area contributed by atoms with Crippen LogP contribution < -0.4 is 5.32 Å². The summed E-state index contributed by atoms with van der Waals surface area (Å²) in [4.78, 5) is 22.5. The van der Waals surface area contributed by atoms with Gasteiger partial charge in [0.1, 0.15) is 31.1 Å². The first-order valence-electron chi connectivity index (χ1n) is 8.98. The van der Waals surface area contributed by atoms with Gasteiger partial charge in [-0.25, -0.2) is 8.78 Å². The van der Waals surface area contributed by atoms with Crippen molar-refractivity contribution in [3.8, 4) is 0 Å². The number of rotatable bonds is 9. The molecule has 160 valence electrons. The van der Waals surface area contributed by atoms with Crippen LogP contribution in [0.4, 0.5) is 8.78 Å². The minimum Gasteiger partial charge on any atom is -0.398 e. The maximum atomic E-state index is 14.1. The molecule has 0 radical (unpaired) electrons. The van der Waals surface area contributed by atoms with Gasteiger partial charge in [-0.2, -0.15) is 0 Å². The Labute approximate surface area is 173 Å². The minimum atomic E-state index is -0.778. The largest absolute Gasteiger partial charge is 0.398 e. The SMILES string of the molecule is CNC(=O)/C(=N/OC)c1cccc(C)c1CO/N=C(/COC)c1ccc(F)cc1F. The number of hydrogen-bond donors (Lipinski definition) is 1. The first kappa shape index (κ1) is 23.0. The van der Waals surface area contributed by atoms with Gasteiger partial charge in [-0.05, 0) is 24.6 Å². The number of halogens is 2. The quantitative estimate of drug-likeness (QED) is 0.501. The number of aryl methyl sites for hydroxylation is 1. The van der Waals surface area contributed by atoms with Crippen molar-refractivity contribution < 1.29 is 28.0 Å². The average molecular weight is 419 g/mol. The smallest absolute Gasteiger partial charge is 0.273 e. The van der Waals surface area contributed by atoms with Crippen LogP contribution >= 0.6 is 0 Å². The van der Waals surface area contributed by atoms with Crippen LogP contribution in [-0.2, 0) is 25.8 Å². The normalized spacial score (nSPS) is 11.9. The molecule has 1 N–H and O–H groups in total. The number of hydrogen-bond acceptors (Lipinski definition) is 6. The molecule has 0 heterocycles. The lowest BCUT2D eigenvalue weighted by atomic mass is 9.98. The fourth-order valence-corrected chi connectivity index (χ4v) is 2.73. The summed E-state index contributed by atoms with van der Waals surface area (Å²) in [5.41, 5.74) is 2.28. The number of nitrogens with one attached hydrogen (secondary N) is 1. The molecule has 0 fully saturated rings. The molecule has 30 heavy (non-hydrogen) atoms. The van der Waals surface area contributed by atoms with E-state index in [4.69, 9.17) is 14.4 Å². The van der Waals surface area contributed by atoms with E-state index in [0.717, 1.165) is 17.7 Å². The third kappa shape index (κ3) is 5.60. The Balaban J connectivity index is 2.35. The van der Waals surface area contributed by atoms with Gasteiger partial charge in [0.25, 0.3) is 5.91 Å². The third-order valence-corrected chi connectivity index (χ3v) is 4.20. The van der Waals surface area contributed by atoms with Gasteiger partial charge in [0.05, 0.1) is 6.61 Å². The summed E-state index contributed by atoms with van der Waals surface area (Å²) in [5.74, 6) is -1.90. The highest BCUT2D eigenvalue weighted by atomic mass is 19.1. The molecule has 2 aromatic carbocycles. The van der Waals surface area contributed by atoms with Crippen LogP contribution in [0.2, 0.25) is 0 Å². The first-order chi connectivity index (χ1) is 14.4. The fraction of sp³-hybridized carbons (Fsp3) is 0.286. The number of nitrogens with zero attached hydrogens (tertiary/aromatic N) is 2. The summed E-state index contributed by atoms with van der Waals surface area (Å²) in [7, 11) is 4.25. The van der Waals surface area contributed by atoms with Gasteiger partial charge in [0.2, 0.25) is 0 Å². The van der Waals surface area contributed by atoms with E-state index in [2.05, 4.69) is 15.6 Å². The van der Waals surface area contributed by atoms with E-state index in [-0.39, 0.29) is 30.2 Å². The van der Waals surface area contributed by atoms with Crippen LogP contribution in [0.5, 0.6) is 0 Å². The Morgan fingerprint density at radius 1 is 1.10 bits per heavy atom. The van der Waals surface area contributed by atoms with E-state index < -0.39 is 17.5 Å². The lowest BCUT2D eigenvalue weighted by Gasteiger charge is -2.13. The van der Waals surface area contributed by atoms with E-state index in [1.54, 1.807) is 12.1 Å². The zero-order valence-corrected chi connectivity index (χ0v) is 17.2. The Bertz CT molecular complexity index is 961. The Kier molecular flexibility index (Phi) is 8.42. The van der Waals surface area contributed by atoms with Gasteiger partial charge >= 0.3 is 0 Å². The van der Waals surface area contributed by atoms with Crippen molar-refractivity contribution in [1.29, 1.82) is 0 Å². The summed E-state index contributed by atoms with van der Waals surface area (Å²) in [6.45, 7) is 1.77. The van der Waals surface area contributed by atoms with Crippen LogP contribution in [0.15, 0.2) is 46.7 Å². The third-order valence-electron chi connectivity index (χ3n) is 4.20. The molecule has 0 saturated carbocycles. The molecular weight excluding hydrogens is 396 g/mol. The van der Waals surface area contributed by atoms with Crippen molar-refractivity contribution in [3.63, 3.8) is 0 Å². The summed E-state index contributed by atoms with van der Waals surface area (Å²) < 4.78 is 32.4. The lowest BCUT2D eigenvalue weighted by Crippen LogP contribution is -2.29. The van der Waals surface area contributed by atoms with Gasteiger partial charge < -0.3 is 19.7 Å². The molecule has 2 aromatic rings. The molecule has 1 amide bonds. The molecule has 0 bridgehead atoms. The topological polar surface area (TPSA) is 81.5 Å². The number of benzene rings is 2. The standard InChI is InChI=1S/C21H23F2N3O4/c1-13-6-5-7-15(20(26-29-4)21(27)24-2)17(13)11-30-25-19(12-28-3)16-9-8-14(22)10-18(16)23/h5-10H,11-12H2,1-4H3,(H,24,27)/b25-19-,26-20+. The summed E-state index contributed by atoms with van der Waals surface area (Å²) >= 11 is 0. The van der Waals surface area contributed by atoms with E-state index in [0.29, 0.717) is 11.1 Å². The lowest BCUT2D eigenvalue weighted by molar-refractivity contribution is -0.114. The van der Waals surface area contributed by atoms with E-state index in [1.807, 2.05) is 13.0 Å². The second-order valence-electron chi connectivity index (χ2n) is 6.17. The van der Waals surface area contributed by atoms with Gasteiger partial charge in [-0.3, -0.25) is 4.79 Å². The molecule has 0 aliphatic heterocycles. The highest BCUT2D eigenvalue weighted by Gasteiger charge is 2.19. The Hall–Kier alpha value is -3.33. The zero-order valence-electron chi connectivity index (χ0n) is 17.2. The van der Waals surface area contributed by atoms with Crippen molar-refractivity contribution >= 4 is 17.3 Å². The molecule has 0 spiro atoms. The summed E-state index contributed by atoms with van der Waals surface area (Å²) in [6, 6.07) is 8.47. The summed E-state index contributed by atoms with van der Waals surface area (Å²) in [5, 5.41) is 10.3. The number of likely N-dealkylation sites (N-methyl/N-ethyl adjacent to an activating group) is 1. The second-order valence-corrected chi connectivity index (χ2v) is 6.17. The Morgan fingerprint density at radius 3 is 2.50 bits per heavy atom. The molecule has 9 heteroatoms. The zero-order chi connectivity index (χ0) is 22.1. The molecule has 0 saturated heterocycles. The molecule has 7 nitrogen and oxygen atoms in total. The number of carbonyl (C=O) groups is 1. The van der Waals surface area contributed by atoms with E-state index >= 15 is 0 Å². The predicted molar refractivity (Wildman–Crippen MR) is 108 cm³/mol. The van der Waals surface area contributed by atoms with E-state index in [1.165, 1.54) is 27.3 Å². The minimum absolute atomic E-state index is 0.0300. The number of methoxy groups -OCH3 is 1. The van der Waals surface area contributed by atoms with Crippen molar-refractivity contribution in [2.45, 2.75) is 13.5 Å². The molecule has 2 rings (SSSR count). The highest BCUT2D eigenvalue weighted by molar-refractivity contribution is 6.45. The maximum Gasteiger partial charge on any atom is 0.273 e. The molecule has 0 atom stereocenters. The number of carbonyl (C=O) groups excluding carboxylic acids is 1. The fourth-order valence-electron chi connectivity index (χ4n) is 2.73. The van der Waals surface area contributed by atoms with Crippen molar-refractivity contribution in [1.82, 2.24) is 5.32 Å². The first-order valence-corrected chi connectivity index (χ1v) is 8.98. The van der Waals surface area contributed by atoms with Gasteiger partial charge in [0.15, 0.2) is 5.71 Å². The maximum absolute atomic E-state index is 14.1. The molecule has 0 aliphatic rings. The highest BCUT2D eigenvalue weighted by Crippen LogP contribution is 2.18. The molecule has 0 unspecified atom stereocenters. The average Bonchev–Trinajstić information content (AvgIpc) is 2.72. The van der Waals surface area contributed by atoms with Gasteiger partial charge in [-0.1, -0.05) is 28.5 Å². The summed E-state index contributed by atoms with van der Waals surface area (Å²) in [6.07, 6.45) is 0. The molecule has 0 aliphatic carbocycles. The Morgan fingerprint density at radius 2 is 1.87 bits per heavy atom. The molecular formula is C21H23F2N3O4. The second kappa shape index (κ2) is 11.0.